The summed E-state index contributed by atoms with van der Waals surface area (Å²) < 4.78 is 67.7. The summed E-state index contributed by atoms with van der Waals surface area (Å²) in [5.41, 5.74) is 3.38. The molecule has 0 radical (unpaired) electrons. The van der Waals surface area contributed by atoms with Crippen LogP contribution in [-0.4, -0.2) is 6.18 Å². The van der Waals surface area contributed by atoms with Crippen molar-refractivity contribution >= 4 is 10.8 Å². The molecule has 9 rings (SSSR count). The molecule has 0 aromatic heterocycles. The Morgan fingerprint density at radius 2 is 0.868 bits per heavy atom. The number of alkyl halides is 4. The first kappa shape index (κ1) is 32.6. The van der Waals surface area contributed by atoms with Gasteiger partial charge in [-0.15, -0.1) is 0 Å². The largest absolute Gasteiger partial charge is 0.431 e. The average Bonchev–Trinajstić information content (AvgIpc) is 3.60. The highest BCUT2D eigenvalue weighted by Crippen LogP contribution is 2.61. The molecule has 8 aromatic rings. The van der Waals surface area contributed by atoms with Gasteiger partial charge in [-0.05, 0) is 90.0 Å². The third-order valence-corrected chi connectivity index (χ3v) is 10.5. The fourth-order valence-electron chi connectivity index (χ4n) is 8.26. The van der Waals surface area contributed by atoms with Gasteiger partial charge in [0.2, 0.25) is 0 Å². The van der Waals surface area contributed by atoms with Crippen LogP contribution in [-0.2, 0) is 12.1 Å². The van der Waals surface area contributed by atoms with E-state index in [2.05, 4.69) is 0 Å². The Morgan fingerprint density at radius 3 is 1.43 bits per heavy atom. The maximum atomic E-state index is 18.8. The molecular formula is C49H32F4. The van der Waals surface area contributed by atoms with Crippen LogP contribution in [0.3, 0.4) is 0 Å². The normalized spacial score (nSPS) is 13.4. The molecule has 0 heterocycles. The molecule has 0 spiro atoms. The summed E-state index contributed by atoms with van der Waals surface area (Å²) in [6.45, 7) is 0. The zero-order chi connectivity index (χ0) is 36.2. The number of halogens is 4. The monoisotopic (exact) mass is 696 g/mol. The van der Waals surface area contributed by atoms with Crippen LogP contribution >= 0.6 is 0 Å². The summed E-state index contributed by atoms with van der Waals surface area (Å²) in [5, 5.41) is 1.27. The van der Waals surface area contributed by atoms with Gasteiger partial charge in [-0.2, -0.15) is 13.2 Å². The molecule has 0 fully saturated rings. The van der Waals surface area contributed by atoms with Gasteiger partial charge in [-0.25, -0.2) is 4.39 Å². The number of hydrogen-bond acceptors (Lipinski definition) is 0. The molecule has 0 saturated carbocycles. The van der Waals surface area contributed by atoms with E-state index in [0.717, 1.165) is 38.8 Å². The molecular weight excluding hydrogens is 665 g/mol. The maximum absolute atomic E-state index is 18.8. The molecule has 4 heteroatoms. The van der Waals surface area contributed by atoms with Crippen LogP contribution in [0.25, 0.3) is 66.4 Å². The number of benzene rings is 8. The predicted molar refractivity (Wildman–Crippen MR) is 208 cm³/mol. The van der Waals surface area contributed by atoms with Gasteiger partial charge in [0.05, 0.1) is 0 Å². The molecule has 0 nitrogen and oxygen atoms in total. The number of rotatable bonds is 6. The van der Waals surface area contributed by atoms with Crippen molar-refractivity contribution in [2.24, 2.45) is 0 Å². The SMILES string of the molecule is FC(F)(F)C(F)(c1ccc2ccccc2c1)c1c2c(c(-c3ccccc3)c(-c3ccccc3)c1-c1ccccc1)-c1c(cccc1-c1ccccc1)C2. The topological polar surface area (TPSA) is 0 Å². The smallest absolute Gasteiger partial charge is 0.223 e. The van der Waals surface area contributed by atoms with E-state index in [1.54, 1.807) is 42.5 Å². The third kappa shape index (κ3) is 5.28. The van der Waals surface area contributed by atoms with E-state index in [1.807, 2.05) is 127 Å². The van der Waals surface area contributed by atoms with E-state index < -0.39 is 17.4 Å². The molecule has 0 N–H and O–H groups in total. The highest BCUT2D eigenvalue weighted by Gasteiger charge is 2.61. The lowest BCUT2D eigenvalue weighted by molar-refractivity contribution is -0.219. The van der Waals surface area contributed by atoms with Crippen molar-refractivity contribution in [3.8, 4) is 55.6 Å². The predicted octanol–water partition coefficient (Wildman–Crippen LogP) is 13.9. The highest BCUT2D eigenvalue weighted by molar-refractivity contribution is 6.09. The van der Waals surface area contributed by atoms with Crippen LogP contribution in [0.4, 0.5) is 17.6 Å². The molecule has 8 aromatic carbocycles. The van der Waals surface area contributed by atoms with Crippen molar-refractivity contribution in [1.82, 2.24) is 0 Å². The van der Waals surface area contributed by atoms with Gasteiger partial charge in [0.25, 0.3) is 5.67 Å². The number of hydrogen-bond donors (Lipinski definition) is 0. The molecule has 1 unspecified atom stereocenters. The fourth-order valence-corrected chi connectivity index (χ4v) is 8.26. The van der Waals surface area contributed by atoms with E-state index in [-0.39, 0.29) is 17.5 Å². The summed E-state index contributed by atoms with van der Waals surface area (Å²) >= 11 is 0. The van der Waals surface area contributed by atoms with Crippen molar-refractivity contribution < 1.29 is 17.6 Å². The van der Waals surface area contributed by atoms with Crippen LogP contribution in [0.5, 0.6) is 0 Å². The minimum atomic E-state index is -5.33. The first-order valence-corrected chi connectivity index (χ1v) is 17.7. The second-order valence-electron chi connectivity index (χ2n) is 13.6. The van der Waals surface area contributed by atoms with Crippen molar-refractivity contribution in [3.63, 3.8) is 0 Å². The standard InChI is InChI=1S/C49H32F4/c50-48(49(51,52)53,39-29-28-32-16-13-14-25-37(32)30-39)47-41-31-38-26-15-27-40(33-17-5-1-6-18-33)42(38)46(41)44(35-21-9-3-10-22-35)43(34-19-7-2-8-20-34)45(47)36-23-11-4-12-24-36/h1-30H,31H2. The van der Waals surface area contributed by atoms with Gasteiger partial charge in [-0.1, -0.05) is 176 Å². The minimum absolute atomic E-state index is 0.130. The van der Waals surface area contributed by atoms with Crippen molar-refractivity contribution in [2.75, 3.05) is 0 Å². The molecule has 53 heavy (non-hydrogen) atoms. The van der Waals surface area contributed by atoms with Gasteiger partial charge in [-0.3, -0.25) is 0 Å². The lowest BCUT2D eigenvalue weighted by atomic mass is 9.72. The lowest BCUT2D eigenvalue weighted by Crippen LogP contribution is -2.41. The Bertz CT molecular complexity index is 2610. The van der Waals surface area contributed by atoms with E-state index in [1.165, 1.54) is 12.1 Å². The lowest BCUT2D eigenvalue weighted by Gasteiger charge is -2.35. The summed E-state index contributed by atoms with van der Waals surface area (Å²) in [4.78, 5) is 0. The Balaban J connectivity index is 1.54. The summed E-state index contributed by atoms with van der Waals surface area (Å²) in [6.07, 6.45) is -5.20. The van der Waals surface area contributed by atoms with Crippen LogP contribution in [0.15, 0.2) is 182 Å². The van der Waals surface area contributed by atoms with Crippen LogP contribution in [0.2, 0.25) is 0 Å². The van der Waals surface area contributed by atoms with Gasteiger partial charge in [0.15, 0.2) is 0 Å². The second kappa shape index (κ2) is 12.8. The molecule has 0 saturated heterocycles. The fraction of sp³-hybridized carbons (Fsp3) is 0.0612. The van der Waals surface area contributed by atoms with Crippen LogP contribution in [0, 0.1) is 0 Å². The molecule has 0 bridgehead atoms. The zero-order valence-electron chi connectivity index (χ0n) is 28.5. The Kier molecular flexibility index (Phi) is 7.85. The summed E-state index contributed by atoms with van der Waals surface area (Å²) in [5.74, 6) is 0. The van der Waals surface area contributed by atoms with Gasteiger partial charge in [0, 0.05) is 11.1 Å². The summed E-state index contributed by atoms with van der Waals surface area (Å²) in [7, 11) is 0. The Labute approximate surface area is 305 Å². The first-order valence-electron chi connectivity index (χ1n) is 17.7. The average molecular weight is 697 g/mol. The molecule has 1 aliphatic carbocycles. The van der Waals surface area contributed by atoms with E-state index in [0.29, 0.717) is 33.2 Å². The van der Waals surface area contributed by atoms with Crippen molar-refractivity contribution in [2.45, 2.75) is 18.3 Å². The third-order valence-electron chi connectivity index (χ3n) is 10.5. The van der Waals surface area contributed by atoms with Crippen LogP contribution in [0.1, 0.15) is 22.3 Å². The van der Waals surface area contributed by atoms with Crippen LogP contribution < -0.4 is 0 Å². The van der Waals surface area contributed by atoms with E-state index >= 15 is 17.6 Å². The zero-order valence-corrected chi connectivity index (χ0v) is 28.5. The summed E-state index contributed by atoms with van der Waals surface area (Å²) in [6, 6.07) is 55.5. The van der Waals surface area contributed by atoms with Crippen molar-refractivity contribution in [3.05, 3.63) is 204 Å². The highest BCUT2D eigenvalue weighted by atomic mass is 19.4. The minimum Gasteiger partial charge on any atom is -0.223 e. The van der Waals surface area contributed by atoms with Gasteiger partial charge < -0.3 is 0 Å². The molecule has 0 aliphatic heterocycles. The quantitative estimate of drug-likeness (QED) is 0.152. The first-order chi connectivity index (χ1) is 25.8. The molecule has 1 aliphatic rings. The molecule has 256 valence electrons. The molecule has 0 amide bonds. The number of fused-ring (bicyclic) bond motifs is 4. The second-order valence-corrected chi connectivity index (χ2v) is 13.6. The van der Waals surface area contributed by atoms with Gasteiger partial charge in [0.1, 0.15) is 0 Å². The van der Waals surface area contributed by atoms with Crippen molar-refractivity contribution in [1.29, 1.82) is 0 Å². The maximum Gasteiger partial charge on any atom is 0.431 e. The Morgan fingerprint density at radius 1 is 0.377 bits per heavy atom. The van der Waals surface area contributed by atoms with Gasteiger partial charge >= 0.3 is 6.18 Å². The van der Waals surface area contributed by atoms with E-state index in [9.17, 15) is 0 Å². The van der Waals surface area contributed by atoms with E-state index in [4.69, 9.17) is 0 Å². The molecule has 1 atom stereocenters. The Hall–Kier alpha value is -6.26.